The van der Waals surface area contributed by atoms with E-state index < -0.39 is 0 Å². The van der Waals surface area contributed by atoms with Crippen LogP contribution in [0.2, 0.25) is 0 Å². The largest absolute Gasteiger partial charge is 0.334 e. The Bertz CT molecular complexity index is 657. The highest BCUT2D eigenvalue weighted by atomic mass is 16.5. The average molecular weight is 283 g/mol. The number of nitrogens with zero attached hydrogens (tertiary/aromatic N) is 5. The van der Waals surface area contributed by atoms with E-state index in [9.17, 15) is 0 Å². The highest BCUT2D eigenvalue weighted by molar-refractivity contribution is 5.54. The highest BCUT2D eigenvalue weighted by Gasteiger charge is 2.28. The second-order valence-electron chi connectivity index (χ2n) is 5.41. The molecule has 1 unspecified atom stereocenters. The van der Waals surface area contributed by atoms with Crippen LogP contribution in [0.15, 0.2) is 28.8 Å². The van der Waals surface area contributed by atoms with Crippen LogP contribution in [0.3, 0.4) is 0 Å². The Balaban J connectivity index is 1.83. The van der Waals surface area contributed by atoms with E-state index in [1.54, 1.807) is 12.1 Å². The van der Waals surface area contributed by atoms with Crippen LogP contribution in [0.25, 0.3) is 11.5 Å². The Hall–Kier alpha value is -2.23. The van der Waals surface area contributed by atoms with Gasteiger partial charge in [-0.2, -0.15) is 10.2 Å². The van der Waals surface area contributed by atoms with Crippen LogP contribution in [0, 0.1) is 11.3 Å². The molecule has 0 spiro atoms. The van der Waals surface area contributed by atoms with E-state index in [2.05, 4.69) is 40.1 Å². The molecule has 0 bridgehead atoms. The Morgan fingerprint density at radius 3 is 2.71 bits per heavy atom. The van der Waals surface area contributed by atoms with Crippen molar-refractivity contribution < 1.29 is 4.52 Å². The average Bonchev–Trinajstić information content (AvgIpc) is 2.99. The Kier molecular flexibility index (Phi) is 3.69. The van der Waals surface area contributed by atoms with Crippen molar-refractivity contribution in [2.24, 2.45) is 0 Å². The zero-order chi connectivity index (χ0) is 14.8. The van der Waals surface area contributed by atoms with Gasteiger partial charge in [0.15, 0.2) is 5.82 Å². The number of hydrogen-bond acceptors (Lipinski definition) is 6. The summed E-state index contributed by atoms with van der Waals surface area (Å²) < 4.78 is 5.37. The Labute approximate surface area is 123 Å². The minimum atomic E-state index is 0.152. The van der Waals surface area contributed by atoms with Gasteiger partial charge < -0.3 is 9.42 Å². The quantitative estimate of drug-likeness (QED) is 0.832. The zero-order valence-electron chi connectivity index (χ0n) is 12.2. The normalized spacial score (nSPS) is 20.3. The maximum Gasteiger partial charge on any atom is 0.257 e. The third kappa shape index (κ3) is 2.79. The lowest BCUT2D eigenvalue weighted by atomic mass is 10.1. The predicted molar refractivity (Wildman–Crippen MR) is 77.3 cm³/mol. The van der Waals surface area contributed by atoms with Crippen LogP contribution in [0.4, 0.5) is 0 Å². The molecule has 108 valence electrons. The molecule has 2 heterocycles. The number of rotatable bonds is 2. The molecule has 0 N–H and O–H groups in total. The monoisotopic (exact) mass is 283 g/mol. The molecule has 21 heavy (non-hydrogen) atoms. The van der Waals surface area contributed by atoms with E-state index in [1.165, 1.54) is 0 Å². The maximum absolute atomic E-state index is 8.82. The van der Waals surface area contributed by atoms with Crippen molar-refractivity contribution in [3.8, 4) is 17.5 Å². The molecule has 1 aliphatic heterocycles. The van der Waals surface area contributed by atoms with Gasteiger partial charge in [0, 0.05) is 25.2 Å². The number of piperazine rings is 1. The molecule has 6 heteroatoms. The molecule has 1 atom stereocenters. The Morgan fingerprint density at radius 2 is 2.00 bits per heavy atom. The van der Waals surface area contributed by atoms with Crippen molar-refractivity contribution in [2.45, 2.75) is 6.04 Å². The summed E-state index contributed by atoms with van der Waals surface area (Å²) in [7, 11) is 4.18. The summed E-state index contributed by atoms with van der Waals surface area (Å²) in [5.41, 5.74) is 1.45. The summed E-state index contributed by atoms with van der Waals surface area (Å²) in [5.74, 6) is 1.21. The molecule has 1 saturated heterocycles. The van der Waals surface area contributed by atoms with Crippen LogP contribution >= 0.6 is 0 Å². The molecule has 0 radical (unpaired) electrons. The predicted octanol–water partition coefficient (Wildman–Crippen LogP) is 1.53. The fourth-order valence-electron chi connectivity index (χ4n) is 2.46. The van der Waals surface area contributed by atoms with Crippen molar-refractivity contribution in [1.29, 1.82) is 5.26 Å². The van der Waals surface area contributed by atoms with E-state index >= 15 is 0 Å². The van der Waals surface area contributed by atoms with E-state index in [4.69, 9.17) is 9.78 Å². The van der Waals surface area contributed by atoms with E-state index in [-0.39, 0.29) is 6.04 Å². The third-order valence-electron chi connectivity index (χ3n) is 3.85. The molecule has 6 nitrogen and oxygen atoms in total. The fourth-order valence-corrected chi connectivity index (χ4v) is 2.46. The van der Waals surface area contributed by atoms with E-state index in [0.717, 1.165) is 25.2 Å². The van der Waals surface area contributed by atoms with Crippen LogP contribution in [0.5, 0.6) is 0 Å². The number of hydrogen-bond donors (Lipinski definition) is 0. The van der Waals surface area contributed by atoms with Crippen LogP contribution in [-0.4, -0.2) is 53.7 Å². The van der Waals surface area contributed by atoms with Gasteiger partial charge in [0.2, 0.25) is 0 Å². The number of benzene rings is 1. The summed E-state index contributed by atoms with van der Waals surface area (Å²) >= 11 is 0. The lowest BCUT2D eigenvalue weighted by Crippen LogP contribution is -2.45. The van der Waals surface area contributed by atoms with Gasteiger partial charge in [-0.1, -0.05) is 5.16 Å². The minimum absolute atomic E-state index is 0.152. The summed E-state index contributed by atoms with van der Waals surface area (Å²) in [6.45, 7) is 2.93. The number of aromatic nitrogens is 2. The lowest BCUT2D eigenvalue weighted by molar-refractivity contribution is 0.108. The summed E-state index contributed by atoms with van der Waals surface area (Å²) in [6.07, 6.45) is 0. The van der Waals surface area contributed by atoms with E-state index in [1.807, 2.05) is 12.1 Å². The summed E-state index contributed by atoms with van der Waals surface area (Å²) in [5, 5.41) is 12.9. The molecule has 3 rings (SSSR count). The van der Waals surface area contributed by atoms with Crippen LogP contribution < -0.4 is 0 Å². The molecule has 0 saturated carbocycles. The molecule has 1 aromatic carbocycles. The van der Waals surface area contributed by atoms with Gasteiger partial charge in [0.05, 0.1) is 17.7 Å². The number of likely N-dealkylation sites (N-methyl/N-ethyl adjacent to an activating group) is 2. The third-order valence-corrected chi connectivity index (χ3v) is 3.85. The molecule has 1 fully saturated rings. The van der Waals surface area contributed by atoms with Gasteiger partial charge >= 0.3 is 0 Å². The van der Waals surface area contributed by atoms with Crippen molar-refractivity contribution >= 4 is 0 Å². The first-order valence-corrected chi connectivity index (χ1v) is 6.90. The van der Waals surface area contributed by atoms with Gasteiger partial charge in [-0.15, -0.1) is 0 Å². The van der Waals surface area contributed by atoms with Crippen LogP contribution in [0.1, 0.15) is 17.4 Å². The standard InChI is InChI=1S/C15H17N5O/c1-19-7-8-20(2)13(10-19)14-17-15(21-18-14)12-5-3-11(9-16)4-6-12/h3-6,13H,7-8,10H2,1-2H3. The van der Waals surface area contributed by atoms with Gasteiger partial charge in [0.25, 0.3) is 5.89 Å². The molecule has 1 aromatic heterocycles. The first-order valence-electron chi connectivity index (χ1n) is 6.90. The highest BCUT2D eigenvalue weighted by Crippen LogP contribution is 2.24. The first kappa shape index (κ1) is 13.7. The zero-order valence-corrected chi connectivity index (χ0v) is 12.2. The van der Waals surface area contributed by atoms with Crippen molar-refractivity contribution in [2.75, 3.05) is 33.7 Å². The van der Waals surface area contributed by atoms with Crippen molar-refractivity contribution in [3.05, 3.63) is 35.7 Å². The molecule has 0 aliphatic carbocycles. The van der Waals surface area contributed by atoms with E-state index in [0.29, 0.717) is 17.3 Å². The Morgan fingerprint density at radius 1 is 1.24 bits per heavy atom. The second-order valence-corrected chi connectivity index (χ2v) is 5.41. The maximum atomic E-state index is 8.82. The summed E-state index contributed by atoms with van der Waals surface area (Å²) in [6, 6.07) is 9.40. The second kappa shape index (κ2) is 5.64. The van der Waals surface area contributed by atoms with Gasteiger partial charge in [0.1, 0.15) is 0 Å². The first-order chi connectivity index (χ1) is 10.2. The fraction of sp³-hybridized carbons (Fsp3) is 0.400. The molecule has 2 aromatic rings. The van der Waals surface area contributed by atoms with Gasteiger partial charge in [-0.25, -0.2) is 0 Å². The smallest absolute Gasteiger partial charge is 0.257 e. The van der Waals surface area contributed by atoms with Crippen molar-refractivity contribution in [1.82, 2.24) is 19.9 Å². The minimum Gasteiger partial charge on any atom is -0.334 e. The van der Waals surface area contributed by atoms with Gasteiger partial charge in [-0.3, -0.25) is 4.90 Å². The topological polar surface area (TPSA) is 69.2 Å². The van der Waals surface area contributed by atoms with Gasteiger partial charge in [-0.05, 0) is 38.4 Å². The van der Waals surface area contributed by atoms with Crippen molar-refractivity contribution in [3.63, 3.8) is 0 Å². The molecular formula is C15H17N5O. The lowest BCUT2D eigenvalue weighted by Gasteiger charge is -2.35. The van der Waals surface area contributed by atoms with Crippen LogP contribution in [-0.2, 0) is 0 Å². The summed E-state index contributed by atoms with van der Waals surface area (Å²) in [4.78, 5) is 9.03. The number of nitriles is 1. The molecular weight excluding hydrogens is 266 g/mol. The SMILES string of the molecule is CN1CCN(C)C(c2noc(-c3ccc(C#N)cc3)n2)C1. The molecule has 1 aliphatic rings. The molecule has 0 amide bonds.